The summed E-state index contributed by atoms with van der Waals surface area (Å²) < 4.78 is 7.23. The van der Waals surface area contributed by atoms with Crippen molar-refractivity contribution in [2.45, 2.75) is 0 Å². The monoisotopic (exact) mass is 235 g/mol. The zero-order chi connectivity index (χ0) is 11.9. The maximum atomic E-state index is 5.29. The summed E-state index contributed by atoms with van der Waals surface area (Å²) in [7, 11) is 0. The lowest BCUT2D eigenvalue weighted by molar-refractivity contribution is 0.450. The van der Waals surface area contributed by atoms with Crippen molar-refractivity contribution in [3.63, 3.8) is 0 Å². The third-order valence-electron chi connectivity index (χ3n) is 2.99. The van der Waals surface area contributed by atoms with Crippen molar-refractivity contribution in [2.24, 2.45) is 0 Å². The molecule has 4 heteroatoms. The molecule has 0 aliphatic heterocycles. The van der Waals surface area contributed by atoms with E-state index in [1.807, 2.05) is 59.0 Å². The standard InChI is InChI=1S/C14H9N3O/c1-2-6-10(7-3-1)13-16-18-14-15-11-8-4-5-9-12(11)17(13)14/h1-9H. The van der Waals surface area contributed by atoms with Gasteiger partial charge in [-0.15, -0.1) is 0 Å². The first kappa shape index (κ1) is 9.41. The van der Waals surface area contributed by atoms with Gasteiger partial charge in [-0.2, -0.15) is 4.98 Å². The lowest BCUT2D eigenvalue weighted by atomic mass is 10.2. The van der Waals surface area contributed by atoms with E-state index >= 15 is 0 Å². The van der Waals surface area contributed by atoms with Gasteiger partial charge in [-0.3, -0.25) is 0 Å². The molecule has 0 aliphatic rings. The number of aromatic nitrogens is 3. The Hall–Kier alpha value is -2.62. The van der Waals surface area contributed by atoms with Crippen LogP contribution in [0.15, 0.2) is 59.1 Å². The predicted octanol–water partition coefficient (Wildman–Crippen LogP) is 3.14. The number of hydrogen-bond donors (Lipinski definition) is 0. The minimum atomic E-state index is 0.523. The summed E-state index contributed by atoms with van der Waals surface area (Å²) in [6, 6.07) is 17.9. The summed E-state index contributed by atoms with van der Waals surface area (Å²) in [5, 5.41) is 4.10. The number of fused-ring (bicyclic) bond motifs is 3. The zero-order valence-electron chi connectivity index (χ0n) is 9.45. The highest BCUT2D eigenvalue weighted by atomic mass is 16.5. The van der Waals surface area contributed by atoms with Crippen molar-refractivity contribution >= 4 is 16.9 Å². The Morgan fingerprint density at radius 2 is 1.67 bits per heavy atom. The van der Waals surface area contributed by atoms with Gasteiger partial charge in [-0.25, -0.2) is 4.40 Å². The van der Waals surface area contributed by atoms with Crippen LogP contribution in [0.5, 0.6) is 0 Å². The Labute approximate surface area is 102 Å². The van der Waals surface area contributed by atoms with Crippen LogP contribution in [-0.4, -0.2) is 14.5 Å². The molecule has 0 amide bonds. The van der Waals surface area contributed by atoms with Gasteiger partial charge in [0.05, 0.1) is 11.0 Å². The van der Waals surface area contributed by atoms with Crippen LogP contribution in [0.2, 0.25) is 0 Å². The second kappa shape index (κ2) is 3.43. The van der Waals surface area contributed by atoms with Crippen LogP contribution in [0.25, 0.3) is 28.3 Å². The first-order valence-corrected chi connectivity index (χ1v) is 5.72. The Morgan fingerprint density at radius 3 is 2.56 bits per heavy atom. The molecule has 0 fully saturated rings. The summed E-state index contributed by atoms with van der Waals surface area (Å²) in [5.74, 6) is 1.30. The molecule has 2 heterocycles. The smallest absolute Gasteiger partial charge is 0.314 e. The third kappa shape index (κ3) is 1.20. The van der Waals surface area contributed by atoms with Gasteiger partial charge in [0, 0.05) is 5.56 Å². The molecule has 86 valence electrons. The molecular weight excluding hydrogens is 226 g/mol. The Bertz CT molecular complexity index is 830. The summed E-state index contributed by atoms with van der Waals surface area (Å²) in [5.41, 5.74) is 2.93. The van der Waals surface area contributed by atoms with Crippen molar-refractivity contribution in [2.75, 3.05) is 0 Å². The van der Waals surface area contributed by atoms with Gasteiger partial charge in [-0.1, -0.05) is 47.6 Å². The number of rotatable bonds is 1. The van der Waals surface area contributed by atoms with E-state index in [-0.39, 0.29) is 0 Å². The minimum absolute atomic E-state index is 0.523. The highest BCUT2D eigenvalue weighted by Gasteiger charge is 2.14. The van der Waals surface area contributed by atoms with Crippen molar-refractivity contribution in [1.82, 2.24) is 14.5 Å². The largest absolute Gasteiger partial charge is 0.333 e. The number of para-hydroxylation sites is 2. The molecule has 4 rings (SSSR count). The second-order valence-electron chi connectivity index (χ2n) is 4.09. The fourth-order valence-corrected chi connectivity index (χ4v) is 2.16. The molecule has 0 saturated heterocycles. The van der Waals surface area contributed by atoms with Crippen molar-refractivity contribution in [3.05, 3.63) is 54.6 Å². The quantitative estimate of drug-likeness (QED) is 0.509. The highest BCUT2D eigenvalue weighted by molar-refractivity contribution is 5.81. The third-order valence-corrected chi connectivity index (χ3v) is 2.99. The molecule has 0 N–H and O–H groups in total. The number of imidazole rings is 1. The molecule has 4 nitrogen and oxygen atoms in total. The van der Waals surface area contributed by atoms with E-state index in [0.29, 0.717) is 5.84 Å². The minimum Gasteiger partial charge on any atom is -0.314 e. The number of hydrogen-bond acceptors (Lipinski definition) is 3. The van der Waals surface area contributed by atoms with E-state index in [1.165, 1.54) is 0 Å². The molecule has 0 spiro atoms. The molecule has 0 atom stereocenters. The fourth-order valence-electron chi connectivity index (χ4n) is 2.16. The van der Waals surface area contributed by atoms with Crippen molar-refractivity contribution in [1.29, 1.82) is 0 Å². The molecule has 0 unspecified atom stereocenters. The summed E-state index contributed by atoms with van der Waals surface area (Å²) >= 11 is 0. The van der Waals surface area contributed by atoms with Gasteiger partial charge in [-0.05, 0) is 12.1 Å². The van der Waals surface area contributed by atoms with Crippen LogP contribution in [0.3, 0.4) is 0 Å². The second-order valence-corrected chi connectivity index (χ2v) is 4.09. The molecule has 18 heavy (non-hydrogen) atoms. The van der Waals surface area contributed by atoms with Crippen LogP contribution in [0, 0.1) is 0 Å². The molecule has 0 radical (unpaired) electrons. The van der Waals surface area contributed by atoms with Gasteiger partial charge >= 0.3 is 5.84 Å². The predicted molar refractivity (Wildman–Crippen MR) is 68.2 cm³/mol. The van der Waals surface area contributed by atoms with Gasteiger partial charge in [0.15, 0.2) is 5.82 Å². The average molecular weight is 235 g/mol. The molecule has 0 saturated carbocycles. The van der Waals surface area contributed by atoms with E-state index < -0.39 is 0 Å². The van der Waals surface area contributed by atoms with Crippen LogP contribution in [0.4, 0.5) is 0 Å². The number of benzene rings is 2. The van der Waals surface area contributed by atoms with E-state index in [2.05, 4.69) is 10.1 Å². The molecule has 2 aromatic carbocycles. The summed E-state index contributed by atoms with van der Waals surface area (Å²) in [6.07, 6.45) is 0. The Balaban J connectivity index is 2.13. The zero-order valence-corrected chi connectivity index (χ0v) is 9.45. The molecule has 0 bridgehead atoms. The van der Waals surface area contributed by atoms with E-state index in [9.17, 15) is 0 Å². The normalized spacial score (nSPS) is 11.3. The van der Waals surface area contributed by atoms with E-state index in [4.69, 9.17) is 4.52 Å². The average Bonchev–Trinajstić information content (AvgIpc) is 2.98. The van der Waals surface area contributed by atoms with Crippen LogP contribution < -0.4 is 0 Å². The van der Waals surface area contributed by atoms with E-state index in [1.54, 1.807) is 0 Å². The van der Waals surface area contributed by atoms with Crippen molar-refractivity contribution in [3.8, 4) is 11.4 Å². The molecular formula is C14H9N3O. The van der Waals surface area contributed by atoms with Crippen molar-refractivity contribution < 1.29 is 4.52 Å². The van der Waals surface area contributed by atoms with Gasteiger partial charge < -0.3 is 4.52 Å². The molecule has 2 aromatic heterocycles. The SMILES string of the molecule is c1ccc(-c2noc3nc4ccccc4n23)cc1. The maximum Gasteiger partial charge on any atom is 0.333 e. The lowest BCUT2D eigenvalue weighted by Crippen LogP contribution is -1.87. The van der Waals surface area contributed by atoms with Crippen LogP contribution >= 0.6 is 0 Å². The summed E-state index contributed by atoms with van der Waals surface area (Å²) in [6.45, 7) is 0. The fraction of sp³-hybridized carbons (Fsp3) is 0. The van der Waals surface area contributed by atoms with Crippen LogP contribution in [0.1, 0.15) is 0 Å². The summed E-state index contributed by atoms with van der Waals surface area (Å²) in [4.78, 5) is 4.40. The maximum absolute atomic E-state index is 5.29. The van der Waals surface area contributed by atoms with Gasteiger partial charge in [0.25, 0.3) is 0 Å². The van der Waals surface area contributed by atoms with Gasteiger partial charge in [0.1, 0.15) is 0 Å². The lowest BCUT2D eigenvalue weighted by Gasteiger charge is -1.96. The number of nitrogens with zero attached hydrogens (tertiary/aromatic N) is 3. The van der Waals surface area contributed by atoms with Gasteiger partial charge in [0.2, 0.25) is 0 Å². The highest BCUT2D eigenvalue weighted by Crippen LogP contribution is 2.24. The first-order valence-electron chi connectivity index (χ1n) is 5.72. The Kier molecular flexibility index (Phi) is 1.80. The first-order chi connectivity index (χ1) is 8.93. The molecule has 4 aromatic rings. The topological polar surface area (TPSA) is 43.3 Å². The molecule has 0 aliphatic carbocycles. The Morgan fingerprint density at radius 1 is 0.889 bits per heavy atom. The van der Waals surface area contributed by atoms with Crippen LogP contribution in [-0.2, 0) is 0 Å². The van der Waals surface area contributed by atoms with E-state index in [0.717, 1.165) is 22.4 Å².